The van der Waals surface area contributed by atoms with Gasteiger partial charge < -0.3 is 15.5 Å². The van der Waals surface area contributed by atoms with Crippen molar-refractivity contribution in [3.05, 3.63) is 46.0 Å². The van der Waals surface area contributed by atoms with Crippen molar-refractivity contribution in [2.75, 3.05) is 12.8 Å². The van der Waals surface area contributed by atoms with Crippen LogP contribution in [0, 0.1) is 11.6 Å². The minimum Gasteiger partial charge on any atom is -0.388 e. The molecule has 1 heterocycles. The molecule has 1 amide bonds. The maximum absolute atomic E-state index is 15.1. The molecule has 0 saturated heterocycles. The molecular formula is C24H26ClF8N3O5S. The number of carbonyl (C=O) groups excluding carboxylic acids is 1. The van der Waals surface area contributed by atoms with E-state index in [9.17, 15) is 49.8 Å². The van der Waals surface area contributed by atoms with Crippen LogP contribution in [0.1, 0.15) is 54.5 Å². The number of rotatable bonds is 8. The summed E-state index contributed by atoms with van der Waals surface area (Å²) < 4.78 is 133. The van der Waals surface area contributed by atoms with E-state index < -0.39 is 84.7 Å². The molecule has 42 heavy (non-hydrogen) atoms. The lowest BCUT2D eigenvalue weighted by Crippen LogP contribution is -2.58. The van der Waals surface area contributed by atoms with E-state index in [4.69, 9.17) is 11.6 Å². The van der Waals surface area contributed by atoms with Crippen molar-refractivity contribution in [2.24, 2.45) is 0 Å². The minimum atomic E-state index is -6.22. The van der Waals surface area contributed by atoms with Crippen LogP contribution in [0.2, 0.25) is 5.15 Å². The first kappa shape index (κ1) is 34.0. The molecule has 0 spiro atoms. The fourth-order valence-corrected chi connectivity index (χ4v) is 6.11. The molecule has 1 saturated carbocycles. The number of nitrogens with zero attached hydrogens (tertiary/aromatic N) is 2. The Morgan fingerprint density at radius 1 is 1.12 bits per heavy atom. The first-order valence-corrected chi connectivity index (χ1v) is 14.7. The van der Waals surface area contributed by atoms with E-state index in [0.717, 1.165) is 6.26 Å². The maximum Gasteiger partial charge on any atom is 0.426 e. The number of amides is 1. The Bertz CT molecular complexity index is 1410. The number of aliphatic hydroxyl groups is 2. The van der Waals surface area contributed by atoms with Gasteiger partial charge in [0.1, 0.15) is 26.5 Å². The number of carbonyl (C=O) groups is 1. The molecule has 0 atom stereocenters. The summed E-state index contributed by atoms with van der Waals surface area (Å²) in [7, 11) is -3.32. The van der Waals surface area contributed by atoms with E-state index in [0.29, 0.717) is 4.57 Å². The number of alkyl halides is 6. The molecule has 1 aliphatic rings. The second-order valence-corrected chi connectivity index (χ2v) is 12.9. The molecule has 0 bridgehead atoms. The highest BCUT2D eigenvalue weighted by Gasteiger charge is 2.70. The van der Waals surface area contributed by atoms with Gasteiger partial charge in [-0.2, -0.15) is 26.3 Å². The third-order valence-corrected chi connectivity index (χ3v) is 9.20. The normalized spacial score (nSPS) is 20.5. The van der Waals surface area contributed by atoms with E-state index in [-0.39, 0.29) is 56.6 Å². The second kappa shape index (κ2) is 11.5. The molecular weight excluding hydrogens is 630 g/mol. The van der Waals surface area contributed by atoms with Gasteiger partial charge in [0.2, 0.25) is 0 Å². The van der Waals surface area contributed by atoms with E-state index in [1.165, 1.54) is 6.92 Å². The van der Waals surface area contributed by atoms with Gasteiger partial charge in [-0.3, -0.25) is 9.36 Å². The van der Waals surface area contributed by atoms with Gasteiger partial charge in [0.15, 0.2) is 17.3 Å². The molecule has 1 aromatic carbocycles. The van der Waals surface area contributed by atoms with Crippen molar-refractivity contribution in [1.82, 2.24) is 14.9 Å². The standard InChI is InChI=1S/C24H26ClF8N3O5S/c1-3-16-35-17(20(37)34-11-21(38)6-4-13(5-7-21)42(2,40)41)19(25)36(16)18-14(26)8-12(9-15(18)27)10-22(39,23(28,29)30)24(31,32)33/h8-9,13,38-39H,3-7,10-11H2,1-2H3,(H,34,37). The summed E-state index contributed by atoms with van der Waals surface area (Å²) in [5.74, 6) is -4.50. The molecule has 3 rings (SSSR count). The Morgan fingerprint density at radius 3 is 2.05 bits per heavy atom. The van der Waals surface area contributed by atoms with E-state index in [1.807, 2.05) is 0 Å². The number of hydrogen-bond donors (Lipinski definition) is 3. The van der Waals surface area contributed by atoms with Crippen LogP contribution >= 0.6 is 11.6 Å². The van der Waals surface area contributed by atoms with Crippen molar-refractivity contribution in [3.8, 4) is 5.69 Å². The molecule has 1 aliphatic carbocycles. The number of hydrogen-bond acceptors (Lipinski definition) is 6. The lowest BCUT2D eigenvalue weighted by molar-refractivity contribution is -0.367. The fourth-order valence-electron chi connectivity index (χ4n) is 4.71. The summed E-state index contributed by atoms with van der Waals surface area (Å²) >= 11 is 6.21. The van der Waals surface area contributed by atoms with Crippen molar-refractivity contribution in [3.63, 3.8) is 0 Å². The van der Waals surface area contributed by atoms with Crippen LogP contribution < -0.4 is 5.32 Å². The predicted molar refractivity (Wildman–Crippen MR) is 133 cm³/mol. The van der Waals surface area contributed by atoms with Gasteiger partial charge in [-0.05, 0) is 43.4 Å². The monoisotopic (exact) mass is 655 g/mol. The molecule has 3 N–H and O–H groups in total. The molecule has 2 aromatic rings. The smallest absolute Gasteiger partial charge is 0.388 e. The molecule has 0 radical (unpaired) electrons. The van der Waals surface area contributed by atoms with E-state index in [1.54, 1.807) is 0 Å². The summed E-state index contributed by atoms with van der Waals surface area (Å²) in [6, 6.07) is 0.331. The Kier molecular flexibility index (Phi) is 9.34. The lowest BCUT2D eigenvalue weighted by Gasteiger charge is -2.35. The molecule has 1 fully saturated rings. The Morgan fingerprint density at radius 2 is 1.62 bits per heavy atom. The van der Waals surface area contributed by atoms with Crippen LogP contribution in [0.4, 0.5) is 35.1 Å². The van der Waals surface area contributed by atoms with Gasteiger partial charge in [0.25, 0.3) is 11.5 Å². The largest absolute Gasteiger partial charge is 0.426 e. The Balaban J connectivity index is 1.89. The van der Waals surface area contributed by atoms with Crippen molar-refractivity contribution < 1.29 is 58.5 Å². The third-order valence-electron chi connectivity index (χ3n) is 7.17. The van der Waals surface area contributed by atoms with Gasteiger partial charge in [-0.15, -0.1) is 0 Å². The van der Waals surface area contributed by atoms with Crippen LogP contribution in [0.15, 0.2) is 12.1 Å². The highest BCUT2D eigenvalue weighted by molar-refractivity contribution is 7.91. The predicted octanol–water partition coefficient (Wildman–Crippen LogP) is 4.21. The highest BCUT2D eigenvalue weighted by Crippen LogP contribution is 2.45. The maximum atomic E-state index is 15.1. The second-order valence-electron chi connectivity index (χ2n) is 10.2. The van der Waals surface area contributed by atoms with Gasteiger partial charge in [0, 0.05) is 25.6 Å². The Hall–Kier alpha value is -2.50. The van der Waals surface area contributed by atoms with Gasteiger partial charge in [0.05, 0.1) is 10.9 Å². The van der Waals surface area contributed by atoms with E-state index >= 15 is 8.78 Å². The number of benzene rings is 1. The number of sulfone groups is 1. The zero-order valence-corrected chi connectivity index (χ0v) is 23.6. The fraction of sp³-hybridized carbons (Fsp3) is 0.583. The average Bonchev–Trinajstić information content (AvgIpc) is 3.16. The average molecular weight is 656 g/mol. The van der Waals surface area contributed by atoms with Crippen LogP contribution in [0.3, 0.4) is 0 Å². The van der Waals surface area contributed by atoms with Gasteiger partial charge >= 0.3 is 12.4 Å². The van der Waals surface area contributed by atoms with Crippen LogP contribution in [0.5, 0.6) is 0 Å². The number of imidazole rings is 1. The molecule has 8 nitrogen and oxygen atoms in total. The molecule has 0 aliphatic heterocycles. The molecule has 1 aromatic heterocycles. The van der Waals surface area contributed by atoms with Crippen LogP contribution in [0.25, 0.3) is 5.69 Å². The summed E-state index contributed by atoms with van der Waals surface area (Å²) in [5, 5.41) is 21.2. The third kappa shape index (κ3) is 6.68. The van der Waals surface area contributed by atoms with Crippen molar-refractivity contribution in [2.45, 2.75) is 74.3 Å². The molecule has 236 valence electrons. The Labute approximate surface area is 239 Å². The molecule has 0 unspecified atom stereocenters. The van der Waals surface area contributed by atoms with Gasteiger partial charge in [-0.25, -0.2) is 22.2 Å². The van der Waals surface area contributed by atoms with Crippen LogP contribution in [-0.2, 0) is 22.7 Å². The summed E-state index contributed by atoms with van der Waals surface area (Å²) in [6.45, 7) is 1.11. The van der Waals surface area contributed by atoms with Gasteiger partial charge in [-0.1, -0.05) is 18.5 Å². The minimum absolute atomic E-state index is 0.0496. The number of nitrogens with one attached hydrogen (secondary N) is 1. The first-order chi connectivity index (χ1) is 19.0. The quantitative estimate of drug-likeness (QED) is 0.367. The lowest BCUT2D eigenvalue weighted by atomic mass is 9.84. The summed E-state index contributed by atoms with van der Waals surface area (Å²) in [5.41, 5.74) is -9.51. The highest BCUT2D eigenvalue weighted by atomic mass is 35.5. The zero-order valence-electron chi connectivity index (χ0n) is 22.0. The van der Waals surface area contributed by atoms with Crippen molar-refractivity contribution in [1.29, 1.82) is 0 Å². The number of halogens is 9. The molecule has 18 heteroatoms. The topological polar surface area (TPSA) is 122 Å². The first-order valence-electron chi connectivity index (χ1n) is 12.4. The van der Waals surface area contributed by atoms with Crippen molar-refractivity contribution >= 4 is 27.3 Å². The number of aromatic nitrogens is 2. The SMILES string of the molecule is CCc1nc(C(=O)NCC2(O)CCC(S(C)(=O)=O)CC2)c(Cl)n1-c1c(F)cc(CC(O)(C(F)(F)F)C(F)(F)F)cc1F. The van der Waals surface area contributed by atoms with Crippen LogP contribution in [-0.4, -0.2) is 75.7 Å². The summed E-state index contributed by atoms with van der Waals surface area (Å²) in [6.07, 6.45) is -13.3. The number of aryl methyl sites for hydroxylation is 1. The zero-order chi connectivity index (χ0) is 32.1. The summed E-state index contributed by atoms with van der Waals surface area (Å²) in [4.78, 5) is 16.8. The van der Waals surface area contributed by atoms with E-state index in [2.05, 4.69) is 10.3 Å².